The van der Waals surface area contributed by atoms with E-state index in [2.05, 4.69) is 36.6 Å². The minimum atomic E-state index is -3.48. The number of carbonyl (C=O) groups is 1. The summed E-state index contributed by atoms with van der Waals surface area (Å²) < 4.78 is 23.5. The normalized spacial score (nSPS) is 17.2. The molecule has 0 radical (unpaired) electrons. The first-order chi connectivity index (χ1) is 11.8. The molecule has 5 nitrogen and oxygen atoms in total. The highest BCUT2D eigenvalue weighted by Crippen LogP contribution is 2.32. The Morgan fingerprint density at radius 3 is 2.15 bits per heavy atom. The molecule has 7 heteroatoms. The molecular weight excluding hydrogens is 372 g/mol. The van der Waals surface area contributed by atoms with Crippen LogP contribution in [0.25, 0.3) is 0 Å². The number of piperidine rings is 1. The fourth-order valence-corrected chi connectivity index (χ4v) is 5.16. The van der Waals surface area contributed by atoms with Crippen LogP contribution in [-0.4, -0.2) is 45.0 Å². The summed E-state index contributed by atoms with van der Waals surface area (Å²) in [7, 11) is -3.48. The average Bonchev–Trinajstić information content (AvgIpc) is 2.63. The van der Waals surface area contributed by atoms with Crippen molar-refractivity contribution in [3.8, 4) is 0 Å². The monoisotopic (exact) mass is 402 g/mol. The summed E-state index contributed by atoms with van der Waals surface area (Å²) in [6.45, 7) is 5.77. The number of benzene rings is 1. The largest absolute Gasteiger partial charge is 0.354 e. The van der Waals surface area contributed by atoms with Crippen molar-refractivity contribution in [2.45, 2.75) is 49.7 Å². The molecule has 26 heavy (non-hydrogen) atoms. The molecule has 1 fully saturated rings. The quantitative estimate of drug-likeness (QED) is 0.734. The van der Waals surface area contributed by atoms with Gasteiger partial charge in [0.25, 0.3) is 0 Å². The van der Waals surface area contributed by atoms with E-state index in [4.69, 9.17) is 0 Å². The molecule has 1 heterocycles. The standard InChI is InChI=1S/C19H30N2O3S.ClH/c1-4-18(5-2,16-9-7-6-8-10-16)15-21-17(22)19(25(3,23)24)11-13-20-14-12-19;/h6-10,20H,4-5,11-15H2,1-3H3,(H,21,22);1H. The van der Waals surface area contributed by atoms with Crippen LogP contribution in [0.3, 0.4) is 0 Å². The Hall–Kier alpha value is -1.11. The average molecular weight is 403 g/mol. The van der Waals surface area contributed by atoms with E-state index in [1.807, 2.05) is 18.2 Å². The summed E-state index contributed by atoms with van der Waals surface area (Å²) in [5, 5.41) is 6.14. The van der Waals surface area contributed by atoms with Gasteiger partial charge >= 0.3 is 0 Å². The van der Waals surface area contributed by atoms with E-state index in [1.54, 1.807) is 0 Å². The molecule has 0 atom stereocenters. The molecule has 0 spiro atoms. The smallest absolute Gasteiger partial charge is 0.241 e. The van der Waals surface area contributed by atoms with Gasteiger partial charge in [-0.2, -0.15) is 0 Å². The first kappa shape index (κ1) is 22.9. The molecule has 0 aromatic heterocycles. The number of hydrogen-bond acceptors (Lipinski definition) is 4. The zero-order valence-corrected chi connectivity index (χ0v) is 17.5. The highest BCUT2D eigenvalue weighted by molar-refractivity contribution is 7.92. The highest BCUT2D eigenvalue weighted by Gasteiger charge is 2.49. The third kappa shape index (κ3) is 4.41. The van der Waals surface area contributed by atoms with Crippen LogP contribution in [0, 0.1) is 0 Å². The first-order valence-corrected chi connectivity index (χ1v) is 10.9. The molecule has 2 rings (SSSR count). The van der Waals surface area contributed by atoms with Crippen LogP contribution >= 0.6 is 12.4 Å². The van der Waals surface area contributed by atoms with Crippen LogP contribution in [0.2, 0.25) is 0 Å². The zero-order valence-electron chi connectivity index (χ0n) is 15.9. The maximum absolute atomic E-state index is 13.0. The molecule has 1 amide bonds. The number of carbonyl (C=O) groups excluding carboxylic acids is 1. The van der Waals surface area contributed by atoms with Crippen molar-refractivity contribution in [1.29, 1.82) is 0 Å². The van der Waals surface area contributed by atoms with Crippen molar-refractivity contribution in [2.75, 3.05) is 25.9 Å². The van der Waals surface area contributed by atoms with Crippen molar-refractivity contribution in [2.24, 2.45) is 0 Å². The molecule has 1 aliphatic heterocycles. The van der Waals surface area contributed by atoms with E-state index >= 15 is 0 Å². The van der Waals surface area contributed by atoms with Gasteiger partial charge < -0.3 is 10.6 Å². The first-order valence-electron chi connectivity index (χ1n) is 9.05. The number of sulfone groups is 1. The Kier molecular flexibility index (Phi) is 8.11. The van der Waals surface area contributed by atoms with E-state index in [-0.39, 0.29) is 23.7 Å². The van der Waals surface area contributed by atoms with Crippen molar-refractivity contribution < 1.29 is 13.2 Å². The van der Waals surface area contributed by atoms with Crippen LogP contribution in [0.5, 0.6) is 0 Å². The molecule has 2 N–H and O–H groups in total. The Balaban J connectivity index is 0.00000338. The topological polar surface area (TPSA) is 75.3 Å². The van der Waals surface area contributed by atoms with Crippen LogP contribution in [0.1, 0.15) is 45.1 Å². The molecule has 0 unspecified atom stereocenters. The SMILES string of the molecule is CCC(CC)(CNC(=O)C1(S(C)(=O)=O)CCNCC1)c1ccccc1.Cl. The van der Waals surface area contributed by atoms with Gasteiger partial charge in [0, 0.05) is 18.2 Å². The van der Waals surface area contributed by atoms with E-state index in [9.17, 15) is 13.2 Å². The summed E-state index contributed by atoms with van der Waals surface area (Å²) in [6, 6.07) is 10.1. The van der Waals surface area contributed by atoms with Gasteiger partial charge in [-0.1, -0.05) is 44.2 Å². The third-order valence-corrected chi connectivity index (χ3v) is 7.88. The lowest BCUT2D eigenvalue weighted by Gasteiger charge is -2.37. The fourth-order valence-electron chi connectivity index (χ4n) is 3.81. The van der Waals surface area contributed by atoms with Gasteiger partial charge in [-0.25, -0.2) is 8.42 Å². The van der Waals surface area contributed by atoms with Gasteiger partial charge in [0.2, 0.25) is 5.91 Å². The van der Waals surface area contributed by atoms with Gasteiger partial charge in [0.15, 0.2) is 14.6 Å². The molecule has 0 aliphatic carbocycles. The fraction of sp³-hybridized carbons (Fsp3) is 0.632. The molecular formula is C19H31ClN2O3S. The number of hydrogen-bond donors (Lipinski definition) is 2. The second-order valence-corrected chi connectivity index (χ2v) is 9.38. The van der Waals surface area contributed by atoms with Crippen molar-refractivity contribution >= 4 is 28.2 Å². The molecule has 1 aromatic carbocycles. The van der Waals surface area contributed by atoms with Crippen molar-refractivity contribution in [1.82, 2.24) is 10.6 Å². The maximum atomic E-state index is 13.0. The Labute approximate surface area is 163 Å². The Morgan fingerprint density at radius 2 is 1.69 bits per heavy atom. The van der Waals surface area contributed by atoms with Crippen LogP contribution in [-0.2, 0) is 20.0 Å². The molecule has 0 saturated carbocycles. The summed E-state index contributed by atoms with van der Waals surface area (Å²) in [5.74, 6) is -0.348. The van der Waals surface area contributed by atoms with Crippen molar-refractivity contribution in [3.05, 3.63) is 35.9 Å². The number of rotatable bonds is 7. The van der Waals surface area contributed by atoms with E-state index in [1.165, 1.54) is 11.8 Å². The molecule has 1 aliphatic rings. The second-order valence-electron chi connectivity index (χ2n) is 7.05. The van der Waals surface area contributed by atoms with Gasteiger partial charge in [0.05, 0.1) is 0 Å². The molecule has 1 aromatic rings. The molecule has 148 valence electrons. The lowest BCUT2D eigenvalue weighted by Crippen LogP contribution is -2.58. The van der Waals surface area contributed by atoms with Crippen LogP contribution in [0.15, 0.2) is 30.3 Å². The number of nitrogens with one attached hydrogen (secondary N) is 2. The zero-order chi connectivity index (χ0) is 18.6. The Morgan fingerprint density at radius 1 is 1.15 bits per heavy atom. The third-order valence-electron chi connectivity index (χ3n) is 5.86. The van der Waals surface area contributed by atoms with Crippen LogP contribution < -0.4 is 10.6 Å². The Bertz CT molecular complexity index is 682. The van der Waals surface area contributed by atoms with Crippen molar-refractivity contribution in [3.63, 3.8) is 0 Å². The summed E-state index contributed by atoms with van der Waals surface area (Å²) in [5.41, 5.74) is 1.00. The second kappa shape index (κ2) is 9.20. The molecule has 0 bridgehead atoms. The highest BCUT2D eigenvalue weighted by atomic mass is 35.5. The lowest BCUT2D eigenvalue weighted by molar-refractivity contribution is -0.124. The lowest BCUT2D eigenvalue weighted by atomic mass is 9.75. The van der Waals surface area contributed by atoms with Crippen LogP contribution in [0.4, 0.5) is 0 Å². The predicted octanol–water partition coefficient (Wildman–Crippen LogP) is 2.45. The van der Waals surface area contributed by atoms with E-state index in [0.717, 1.165) is 12.8 Å². The maximum Gasteiger partial charge on any atom is 0.241 e. The van der Waals surface area contributed by atoms with Gasteiger partial charge in [-0.15, -0.1) is 12.4 Å². The summed E-state index contributed by atoms with van der Waals surface area (Å²) in [6.07, 6.45) is 3.59. The predicted molar refractivity (Wildman–Crippen MR) is 109 cm³/mol. The molecule has 1 saturated heterocycles. The van der Waals surface area contributed by atoms with E-state index < -0.39 is 14.6 Å². The number of halogens is 1. The summed E-state index contributed by atoms with van der Waals surface area (Å²) in [4.78, 5) is 13.0. The van der Waals surface area contributed by atoms with Gasteiger partial charge in [-0.05, 0) is 44.3 Å². The minimum Gasteiger partial charge on any atom is -0.354 e. The minimum absolute atomic E-state index is 0. The number of amides is 1. The van der Waals surface area contributed by atoms with Gasteiger partial charge in [-0.3, -0.25) is 4.79 Å². The van der Waals surface area contributed by atoms with E-state index in [0.29, 0.717) is 32.5 Å². The summed E-state index contributed by atoms with van der Waals surface area (Å²) >= 11 is 0. The van der Waals surface area contributed by atoms with Gasteiger partial charge in [0.1, 0.15) is 0 Å².